The Morgan fingerprint density at radius 3 is 2.36 bits per heavy atom. The predicted molar refractivity (Wildman–Crippen MR) is 112 cm³/mol. The van der Waals surface area contributed by atoms with Crippen molar-refractivity contribution in [2.24, 2.45) is 0 Å². The molecule has 3 heteroatoms. The summed E-state index contributed by atoms with van der Waals surface area (Å²) in [7, 11) is 0. The van der Waals surface area contributed by atoms with Crippen LogP contribution in [0.4, 0.5) is 5.69 Å². The monoisotopic (exact) mass is 370 g/mol. The van der Waals surface area contributed by atoms with E-state index in [9.17, 15) is 0 Å². The molecule has 1 heterocycles. The smallest absolute Gasteiger partial charge is 0.218 e. The summed E-state index contributed by atoms with van der Waals surface area (Å²) in [6, 6.07) is 26.7. The van der Waals surface area contributed by atoms with Crippen LogP contribution < -0.4 is 15.1 Å². The van der Waals surface area contributed by atoms with E-state index in [-0.39, 0.29) is 0 Å². The second-order valence-electron chi connectivity index (χ2n) is 6.66. The lowest BCUT2D eigenvalue weighted by atomic mass is 10.1. The van der Waals surface area contributed by atoms with E-state index < -0.39 is 0 Å². The SMILES string of the molecule is CCOc1ccc([NH+]=c2cc(-c3ccccc3)oc3ccc(CC)cc23)cc1. The number of hydrogen-bond donors (Lipinski definition) is 1. The van der Waals surface area contributed by atoms with Crippen LogP contribution in [0.3, 0.4) is 0 Å². The van der Waals surface area contributed by atoms with Crippen molar-refractivity contribution in [2.75, 3.05) is 6.61 Å². The highest BCUT2D eigenvalue weighted by molar-refractivity contribution is 5.78. The van der Waals surface area contributed by atoms with Gasteiger partial charge in [-0.3, -0.25) is 0 Å². The van der Waals surface area contributed by atoms with Gasteiger partial charge in [-0.2, -0.15) is 0 Å². The van der Waals surface area contributed by atoms with Crippen LogP contribution in [-0.2, 0) is 6.42 Å². The molecule has 4 aromatic rings. The molecular formula is C25H24NO2+. The number of fused-ring (bicyclic) bond motifs is 1. The third kappa shape index (κ3) is 3.84. The standard InChI is InChI=1S/C25H23NO2/c1-3-18-10-15-24-22(16-18)23(17-25(28-24)19-8-6-5-7-9-19)26-20-11-13-21(14-12-20)27-4-2/h5-17H,3-4H2,1-2H3/p+1. The number of nitrogens with one attached hydrogen (secondary N) is 1. The highest BCUT2D eigenvalue weighted by Crippen LogP contribution is 2.22. The summed E-state index contributed by atoms with van der Waals surface area (Å²) in [5, 5.41) is 2.10. The van der Waals surface area contributed by atoms with Crippen molar-refractivity contribution in [3.05, 3.63) is 89.8 Å². The lowest BCUT2D eigenvalue weighted by Gasteiger charge is -2.05. The first kappa shape index (κ1) is 18.1. The summed E-state index contributed by atoms with van der Waals surface area (Å²) in [5.41, 5.74) is 4.22. The lowest BCUT2D eigenvalue weighted by molar-refractivity contribution is -0.400. The maximum absolute atomic E-state index is 6.22. The molecule has 0 spiro atoms. The van der Waals surface area contributed by atoms with Gasteiger partial charge in [0.15, 0.2) is 0 Å². The van der Waals surface area contributed by atoms with E-state index >= 15 is 0 Å². The molecule has 3 nitrogen and oxygen atoms in total. The highest BCUT2D eigenvalue weighted by atomic mass is 16.5. The normalized spacial score (nSPS) is 11.7. The number of hydrogen-bond acceptors (Lipinski definition) is 2. The van der Waals surface area contributed by atoms with Crippen molar-refractivity contribution in [1.82, 2.24) is 0 Å². The van der Waals surface area contributed by atoms with Crippen molar-refractivity contribution < 1.29 is 14.1 Å². The molecule has 1 N–H and O–H groups in total. The largest absolute Gasteiger partial charge is 0.494 e. The van der Waals surface area contributed by atoms with Crippen LogP contribution in [-0.4, -0.2) is 6.61 Å². The van der Waals surface area contributed by atoms with Crippen LogP contribution in [0.25, 0.3) is 22.3 Å². The lowest BCUT2D eigenvalue weighted by Crippen LogP contribution is -2.70. The summed E-state index contributed by atoms with van der Waals surface area (Å²) in [6.45, 7) is 4.82. The van der Waals surface area contributed by atoms with Gasteiger partial charge in [-0.1, -0.05) is 43.3 Å². The van der Waals surface area contributed by atoms with Gasteiger partial charge < -0.3 is 9.15 Å². The molecule has 0 fully saturated rings. The maximum atomic E-state index is 6.22. The average molecular weight is 370 g/mol. The Morgan fingerprint density at radius 2 is 1.64 bits per heavy atom. The molecule has 1 aromatic heterocycles. The Morgan fingerprint density at radius 1 is 0.857 bits per heavy atom. The molecule has 0 saturated carbocycles. The van der Waals surface area contributed by atoms with E-state index in [4.69, 9.17) is 9.15 Å². The van der Waals surface area contributed by atoms with Crippen molar-refractivity contribution in [2.45, 2.75) is 20.3 Å². The molecule has 3 aromatic carbocycles. The molecule has 0 saturated heterocycles. The minimum Gasteiger partial charge on any atom is -0.494 e. The molecule has 0 bridgehead atoms. The van der Waals surface area contributed by atoms with Crippen LogP contribution in [0.1, 0.15) is 19.4 Å². The summed E-state index contributed by atoms with van der Waals surface area (Å²) in [6.07, 6.45) is 0.985. The molecule has 0 amide bonds. The van der Waals surface area contributed by atoms with Gasteiger partial charge in [-0.05, 0) is 43.2 Å². The Hall–Kier alpha value is -3.33. The van der Waals surface area contributed by atoms with Crippen molar-refractivity contribution in [3.63, 3.8) is 0 Å². The fourth-order valence-electron chi connectivity index (χ4n) is 3.26. The van der Waals surface area contributed by atoms with E-state index in [1.54, 1.807) is 0 Å². The molecule has 140 valence electrons. The van der Waals surface area contributed by atoms with Gasteiger partial charge in [-0.25, -0.2) is 4.99 Å². The molecule has 0 radical (unpaired) electrons. The molecule has 0 atom stereocenters. The van der Waals surface area contributed by atoms with Gasteiger partial charge in [0.05, 0.1) is 18.1 Å². The Labute approximate surface area is 165 Å². The second-order valence-corrected chi connectivity index (χ2v) is 6.66. The second kappa shape index (κ2) is 8.13. The van der Waals surface area contributed by atoms with E-state index in [2.05, 4.69) is 48.3 Å². The minimum absolute atomic E-state index is 0.665. The molecule has 0 aliphatic heterocycles. The molecule has 0 aliphatic carbocycles. The highest BCUT2D eigenvalue weighted by Gasteiger charge is 2.10. The van der Waals surface area contributed by atoms with Crippen LogP contribution in [0.2, 0.25) is 0 Å². The van der Waals surface area contributed by atoms with Gasteiger partial charge in [0.1, 0.15) is 17.1 Å². The molecule has 4 rings (SSSR count). The number of aryl methyl sites for hydroxylation is 1. The van der Waals surface area contributed by atoms with E-state index in [0.717, 1.165) is 45.5 Å². The summed E-state index contributed by atoms with van der Waals surface area (Å²) in [5.74, 6) is 1.71. The quantitative estimate of drug-likeness (QED) is 0.566. The zero-order chi connectivity index (χ0) is 19.3. The Bertz CT molecular complexity index is 1140. The maximum Gasteiger partial charge on any atom is 0.218 e. The average Bonchev–Trinajstić information content (AvgIpc) is 2.75. The molecule has 0 unspecified atom stereocenters. The first-order chi connectivity index (χ1) is 13.8. The first-order valence-electron chi connectivity index (χ1n) is 9.72. The van der Waals surface area contributed by atoms with Crippen LogP contribution in [0, 0.1) is 0 Å². The van der Waals surface area contributed by atoms with E-state index in [1.165, 1.54) is 5.56 Å². The Kier molecular flexibility index (Phi) is 5.24. The molecular weight excluding hydrogens is 346 g/mol. The number of rotatable bonds is 5. The van der Waals surface area contributed by atoms with Crippen LogP contribution in [0.5, 0.6) is 5.75 Å². The summed E-state index contributed by atoms with van der Waals surface area (Å²) in [4.78, 5) is 3.56. The van der Waals surface area contributed by atoms with Crippen molar-refractivity contribution in [1.29, 1.82) is 0 Å². The fraction of sp³-hybridized carbons (Fsp3) is 0.160. The van der Waals surface area contributed by atoms with E-state index in [1.807, 2.05) is 49.4 Å². The van der Waals surface area contributed by atoms with Gasteiger partial charge in [0, 0.05) is 17.7 Å². The third-order valence-corrected chi connectivity index (χ3v) is 4.74. The van der Waals surface area contributed by atoms with Gasteiger partial charge in [-0.15, -0.1) is 0 Å². The zero-order valence-electron chi connectivity index (χ0n) is 16.2. The zero-order valence-corrected chi connectivity index (χ0v) is 16.2. The van der Waals surface area contributed by atoms with Gasteiger partial charge in [0.2, 0.25) is 11.0 Å². The number of benzene rings is 3. The van der Waals surface area contributed by atoms with Crippen LogP contribution >= 0.6 is 0 Å². The minimum atomic E-state index is 0.665. The predicted octanol–water partition coefficient (Wildman–Crippen LogP) is 4.37. The first-order valence-corrected chi connectivity index (χ1v) is 9.72. The van der Waals surface area contributed by atoms with Crippen molar-refractivity contribution in [3.8, 4) is 17.1 Å². The Balaban J connectivity index is 1.90. The third-order valence-electron chi connectivity index (χ3n) is 4.74. The molecule has 0 aliphatic rings. The van der Waals surface area contributed by atoms with Crippen LogP contribution in [0.15, 0.2) is 83.3 Å². The summed E-state index contributed by atoms with van der Waals surface area (Å²) < 4.78 is 11.8. The topological polar surface area (TPSA) is 36.3 Å². The van der Waals surface area contributed by atoms with Crippen molar-refractivity contribution >= 4 is 16.7 Å². The van der Waals surface area contributed by atoms with Gasteiger partial charge in [0.25, 0.3) is 0 Å². The van der Waals surface area contributed by atoms with E-state index in [0.29, 0.717) is 6.61 Å². The molecule has 28 heavy (non-hydrogen) atoms. The fourth-order valence-corrected chi connectivity index (χ4v) is 3.26. The van der Waals surface area contributed by atoms with Gasteiger partial charge >= 0.3 is 0 Å². The number of ether oxygens (including phenoxy) is 1. The summed E-state index contributed by atoms with van der Waals surface area (Å²) >= 11 is 0.